The number of fused-ring (bicyclic) bond motifs is 1. The van der Waals surface area contributed by atoms with Crippen molar-refractivity contribution in [3.63, 3.8) is 0 Å². The van der Waals surface area contributed by atoms with E-state index in [1.807, 2.05) is 0 Å². The Morgan fingerprint density at radius 1 is 1.08 bits per heavy atom. The number of hydrogen-bond donors (Lipinski definition) is 2. The molecular formula is C28H30F2N4O4. The van der Waals surface area contributed by atoms with E-state index in [4.69, 9.17) is 0 Å². The fraction of sp³-hybridized carbons (Fsp3) is 0.357. The smallest absolute Gasteiger partial charge is 0.275 e. The molecule has 2 aliphatic heterocycles. The number of carbonyl (C=O) groups is 3. The van der Waals surface area contributed by atoms with Crippen LogP contribution >= 0.6 is 0 Å². The minimum absolute atomic E-state index is 0.00687. The van der Waals surface area contributed by atoms with Crippen molar-refractivity contribution in [3.8, 4) is 0 Å². The maximum atomic E-state index is 15.4. The monoisotopic (exact) mass is 524 g/mol. The molecule has 4 rings (SSSR count). The maximum absolute atomic E-state index is 15.4. The lowest BCUT2D eigenvalue weighted by Crippen LogP contribution is -2.35. The molecule has 2 aromatic rings. The lowest BCUT2D eigenvalue weighted by atomic mass is 9.89. The Morgan fingerprint density at radius 3 is 2.47 bits per heavy atom. The van der Waals surface area contributed by atoms with E-state index < -0.39 is 35.5 Å². The molecule has 2 amide bonds. The van der Waals surface area contributed by atoms with E-state index in [9.17, 15) is 14.4 Å². The molecule has 0 bridgehead atoms. The number of allylic oxidation sites excluding steroid dienone is 1. The normalized spacial score (nSPS) is 18.2. The molecule has 1 saturated heterocycles. The van der Waals surface area contributed by atoms with Crippen LogP contribution in [0.2, 0.25) is 0 Å². The van der Waals surface area contributed by atoms with Crippen molar-refractivity contribution >= 4 is 40.3 Å². The van der Waals surface area contributed by atoms with Crippen molar-refractivity contribution in [2.75, 3.05) is 37.4 Å². The molecule has 2 aliphatic rings. The number of carbonyl (C=O) groups excluding carboxylic acids is 3. The fourth-order valence-corrected chi connectivity index (χ4v) is 4.62. The number of likely N-dealkylation sites (tertiary alicyclic amines) is 1. The number of oxime groups is 1. The zero-order valence-electron chi connectivity index (χ0n) is 21.4. The van der Waals surface area contributed by atoms with Gasteiger partial charge in [0.25, 0.3) is 11.8 Å². The van der Waals surface area contributed by atoms with Gasteiger partial charge in [0.1, 0.15) is 12.8 Å². The number of ketones is 1. The summed E-state index contributed by atoms with van der Waals surface area (Å²) < 4.78 is 30.9. The third-order valence-corrected chi connectivity index (χ3v) is 6.62. The van der Waals surface area contributed by atoms with Gasteiger partial charge in [-0.3, -0.25) is 14.4 Å². The molecular weight excluding hydrogens is 494 g/mol. The van der Waals surface area contributed by atoms with E-state index in [1.54, 1.807) is 17.0 Å². The van der Waals surface area contributed by atoms with Gasteiger partial charge in [-0.15, -0.1) is 0 Å². The Labute approximate surface area is 219 Å². The van der Waals surface area contributed by atoms with Gasteiger partial charge in [0.05, 0.1) is 0 Å². The van der Waals surface area contributed by atoms with Gasteiger partial charge >= 0.3 is 0 Å². The molecule has 2 aromatic carbocycles. The van der Waals surface area contributed by atoms with E-state index >= 15 is 8.78 Å². The molecule has 10 heteroatoms. The molecule has 8 nitrogen and oxygen atoms in total. The van der Waals surface area contributed by atoms with Crippen LogP contribution in [0.25, 0.3) is 5.57 Å². The van der Waals surface area contributed by atoms with E-state index in [1.165, 1.54) is 44.4 Å². The highest BCUT2D eigenvalue weighted by molar-refractivity contribution is 6.42. The molecule has 0 saturated carbocycles. The second kappa shape index (κ2) is 11.5. The molecule has 0 atom stereocenters. The standard InChI is InChI=1S/C28H30F2N4O4/c1-18(33-38-2)27(37)32-20-11-9-19(10-12-20)26(36)21-7-6-8-23-25(21)22(28(29,30)13-14-31-23)17-24(35)34-15-4-3-5-16-34/h6-12,17,31H,3-5,13-16H2,1-2H3,(H,32,37)/b22-17-,33-18?. The molecule has 1 fully saturated rings. The van der Waals surface area contributed by atoms with Gasteiger partial charge in [-0.1, -0.05) is 17.3 Å². The van der Waals surface area contributed by atoms with Crippen LogP contribution in [0.4, 0.5) is 20.2 Å². The van der Waals surface area contributed by atoms with Gasteiger partial charge in [-0.2, -0.15) is 0 Å². The lowest BCUT2D eigenvalue weighted by molar-refractivity contribution is -0.127. The van der Waals surface area contributed by atoms with Crippen LogP contribution in [0.3, 0.4) is 0 Å². The van der Waals surface area contributed by atoms with Crippen molar-refractivity contribution in [1.29, 1.82) is 0 Å². The van der Waals surface area contributed by atoms with Crippen LogP contribution in [-0.4, -0.2) is 60.9 Å². The van der Waals surface area contributed by atoms with Crippen molar-refractivity contribution in [3.05, 3.63) is 65.2 Å². The summed E-state index contributed by atoms with van der Waals surface area (Å²) in [5, 5.41) is 9.21. The Kier molecular flexibility index (Phi) is 8.19. The highest BCUT2D eigenvalue weighted by atomic mass is 19.3. The minimum Gasteiger partial charge on any atom is -0.399 e. The number of piperidine rings is 1. The Balaban J connectivity index is 1.69. The third kappa shape index (κ3) is 5.90. The molecule has 0 aromatic heterocycles. The van der Waals surface area contributed by atoms with Crippen molar-refractivity contribution in [2.45, 2.75) is 38.5 Å². The summed E-state index contributed by atoms with van der Waals surface area (Å²) in [5.74, 6) is -4.73. The first-order chi connectivity index (χ1) is 18.2. The van der Waals surface area contributed by atoms with Crippen LogP contribution in [0.1, 0.15) is 54.1 Å². The summed E-state index contributed by atoms with van der Waals surface area (Å²) >= 11 is 0. The summed E-state index contributed by atoms with van der Waals surface area (Å²) in [6, 6.07) is 10.8. The Hall–Kier alpha value is -4.08. The number of alkyl halides is 2. The lowest BCUT2D eigenvalue weighted by Gasteiger charge is -2.27. The predicted octanol–water partition coefficient (Wildman–Crippen LogP) is 4.73. The van der Waals surface area contributed by atoms with E-state index in [0.29, 0.717) is 24.5 Å². The van der Waals surface area contributed by atoms with Gasteiger partial charge in [0.15, 0.2) is 5.78 Å². The number of amides is 2. The van der Waals surface area contributed by atoms with Crippen LogP contribution < -0.4 is 10.6 Å². The molecule has 0 radical (unpaired) electrons. The summed E-state index contributed by atoms with van der Waals surface area (Å²) in [7, 11) is 1.33. The average Bonchev–Trinajstić information content (AvgIpc) is 3.04. The molecule has 2 heterocycles. The number of hydrogen-bond acceptors (Lipinski definition) is 6. The number of nitrogens with one attached hydrogen (secondary N) is 2. The maximum Gasteiger partial charge on any atom is 0.275 e. The quantitative estimate of drug-likeness (QED) is 0.246. The van der Waals surface area contributed by atoms with Crippen LogP contribution in [-0.2, 0) is 14.4 Å². The molecule has 0 unspecified atom stereocenters. The zero-order chi connectivity index (χ0) is 27.3. The summed E-state index contributed by atoms with van der Waals surface area (Å²) in [6.07, 6.45) is 3.18. The minimum atomic E-state index is -3.31. The molecule has 2 N–H and O–H groups in total. The number of halogens is 2. The number of benzene rings is 2. The first kappa shape index (κ1) is 27.0. The van der Waals surface area contributed by atoms with Crippen molar-refractivity contribution in [1.82, 2.24) is 4.90 Å². The van der Waals surface area contributed by atoms with E-state index in [0.717, 1.165) is 25.3 Å². The van der Waals surface area contributed by atoms with Crippen LogP contribution in [0, 0.1) is 0 Å². The second-order valence-corrected chi connectivity index (χ2v) is 9.27. The number of anilines is 2. The van der Waals surface area contributed by atoms with Crippen molar-refractivity contribution < 1.29 is 28.0 Å². The van der Waals surface area contributed by atoms with Gasteiger partial charge in [-0.25, -0.2) is 8.78 Å². The largest absolute Gasteiger partial charge is 0.399 e. The topological polar surface area (TPSA) is 100 Å². The Bertz CT molecular complexity index is 1280. The van der Waals surface area contributed by atoms with Crippen LogP contribution in [0.15, 0.2) is 53.7 Å². The SMILES string of the molecule is CON=C(C)C(=O)Nc1ccc(C(=O)c2cccc3c2/C(=C/C(=O)N2CCCCC2)C(F)(F)CCN3)cc1. The summed E-state index contributed by atoms with van der Waals surface area (Å²) in [6.45, 7) is 2.54. The van der Waals surface area contributed by atoms with E-state index in [-0.39, 0.29) is 28.9 Å². The average molecular weight is 525 g/mol. The summed E-state index contributed by atoms with van der Waals surface area (Å²) in [5.41, 5.74) is 0.809. The van der Waals surface area contributed by atoms with Gasteiger partial charge in [-0.05, 0) is 56.5 Å². The Morgan fingerprint density at radius 2 is 1.79 bits per heavy atom. The van der Waals surface area contributed by atoms with E-state index in [2.05, 4.69) is 20.6 Å². The van der Waals surface area contributed by atoms with Gasteiger partial charge in [0.2, 0.25) is 5.91 Å². The highest BCUT2D eigenvalue weighted by Gasteiger charge is 2.40. The second-order valence-electron chi connectivity index (χ2n) is 9.27. The summed E-state index contributed by atoms with van der Waals surface area (Å²) in [4.78, 5) is 44.9. The molecule has 0 spiro atoms. The fourth-order valence-electron chi connectivity index (χ4n) is 4.62. The molecule has 0 aliphatic carbocycles. The zero-order valence-corrected chi connectivity index (χ0v) is 21.4. The highest BCUT2D eigenvalue weighted by Crippen LogP contribution is 2.43. The molecule has 38 heavy (non-hydrogen) atoms. The van der Waals surface area contributed by atoms with Crippen LogP contribution in [0.5, 0.6) is 0 Å². The molecule has 200 valence electrons. The van der Waals surface area contributed by atoms with Crippen molar-refractivity contribution in [2.24, 2.45) is 5.16 Å². The van der Waals surface area contributed by atoms with Gasteiger partial charge < -0.3 is 20.4 Å². The number of rotatable bonds is 6. The predicted molar refractivity (Wildman–Crippen MR) is 142 cm³/mol. The van der Waals surface area contributed by atoms with Gasteiger partial charge in [0, 0.05) is 65.8 Å². The first-order valence-electron chi connectivity index (χ1n) is 12.5. The third-order valence-electron chi connectivity index (χ3n) is 6.62. The first-order valence-corrected chi connectivity index (χ1v) is 12.5. The number of nitrogens with zero attached hydrogens (tertiary/aromatic N) is 2.